The molecule has 1 aromatic rings. The van der Waals surface area contributed by atoms with E-state index in [0.717, 1.165) is 0 Å². The topological polar surface area (TPSA) is 50.1 Å². The number of nitriles is 1. The summed E-state index contributed by atoms with van der Waals surface area (Å²) < 4.78 is 42.8. The Labute approximate surface area is 129 Å². The molecule has 3 nitrogen and oxygen atoms in total. The number of halogens is 4. The van der Waals surface area contributed by atoms with E-state index in [1.807, 2.05) is 0 Å². The summed E-state index contributed by atoms with van der Waals surface area (Å²) in [5, 5.41) is 9.02. The molecule has 0 amide bonds. The van der Waals surface area contributed by atoms with Crippen LogP contribution in [-0.4, -0.2) is 18.1 Å². The molecule has 21 heavy (non-hydrogen) atoms. The minimum Gasteiger partial charge on any atom is -0.466 e. The first-order valence-corrected chi connectivity index (χ1v) is 7.19. The summed E-state index contributed by atoms with van der Waals surface area (Å²) in [4.78, 5) is 11.3. The van der Waals surface area contributed by atoms with Crippen LogP contribution in [0, 0.1) is 11.3 Å². The van der Waals surface area contributed by atoms with Gasteiger partial charge < -0.3 is 4.74 Å². The lowest BCUT2D eigenvalue weighted by atomic mass is 10.0. The smallest absolute Gasteiger partial charge is 0.446 e. The van der Waals surface area contributed by atoms with Crippen molar-refractivity contribution in [3.05, 3.63) is 28.8 Å². The van der Waals surface area contributed by atoms with Crippen LogP contribution in [0.3, 0.4) is 0 Å². The van der Waals surface area contributed by atoms with Gasteiger partial charge in [-0.3, -0.25) is 4.79 Å². The molecule has 0 N–H and O–H groups in total. The van der Waals surface area contributed by atoms with Gasteiger partial charge in [-0.2, -0.15) is 18.4 Å². The Morgan fingerprint density at radius 2 is 2.14 bits per heavy atom. The predicted molar refractivity (Wildman–Crippen MR) is 73.0 cm³/mol. The van der Waals surface area contributed by atoms with Gasteiger partial charge in [0.2, 0.25) is 0 Å². The number of hydrogen-bond donors (Lipinski definition) is 0. The number of alkyl halides is 4. The van der Waals surface area contributed by atoms with Gasteiger partial charge in [0.15, 0.2) is 0 Å². The van der Waals surface area contributed by atoms with E-state index in [1.54, 1.807) is 13.0 Å². The summed E-state index contributed by atoms with van der Waals surface area (Å²) in [6.45, 7) is 1.70. The van der Waals surface area contributed by atoms with Crippen LogP contribution >= 0.6 is 23.4 Å². The lowest BCUT2D eigenvalue weighted by Crippen LogP contribution is -2.12. The fraction of sp³-hybridized carbons (Fsp3) is 0.385. The van der Waals surface area contributed by atoms with Gasteiger partial charge in [-0.1, -0.05) is 6.07 Å². The van der Waals surface area contributed by atoms with Crippen molar-refractivity contribution in [1.29, 1.82) is 5.26 Å². The highest BCUT2D eigenvalue weighted by atomic mass is 35.5. The van der Waals surface area contributed by atoms with Crippen LogP contribution < -0.4 is 0 Å². The molecule has 0 heterocycles. The SMILES string of the molecule is CCOC(=O)Cc1c(C#N)ccc(CCl)c1SC(F)(F)F. The molecule has 0 aliphatic carbocycles. The fourth-order valence-corrected chi connectivity index (χ4v) is 2.77. The van der Waals surface area contributed by atoms with Gasteiger partial charge >= 0.3 is 11.5 Å². The molecule has 0 saturated carbocycles. The van der Waals surface area contributed by atoms with Crippen molar-refractivity contribution in [1.82, 2.24) is 0 Å². The molecule has 114 valence electrons. The third-order valence-corrected chi connectivity index (χ3v) is 3.68. The largest absolute Gasteiger partial charge is 0.466 e. The zero-order valence-corrected chi connectivity index (χ0v) is 12.5. The Hall–Kier alpha value is -1.39. The standard InChI is InChI=1S/C13H11ClF3NO2S/c1-2-20-11(19)5-10-9(7-18)4-3-8(6-14)12(10)21-13(15,16)17/h3-4H,2,5-6H2,1H3. The highest BCUT2D eigenvalue weighted by Gasteiger charge is 2.32. The monoisotopic (exact) mass is 337 g/mol. The summed E-state index contributed by atoms with van der Waals surface area (Å²) in [7, 11) is 0. The van der Waals surface area contributed by atoms with Gasteiger partial charge in [-0.15, -0.1) is 11.6 Å². The molecule has 0 saturated heterocycles. The van der Waals surface area contributed by atoms with Crippen molar-refractivity contribution in [2.75, 3.05) is 6.61 Å². The van der Waals surface area contributed by atoms with Gasteiger partial charge in [0.25, 0.3) is 0 Å². The maximum absolute atomic E-state index is 12.7. The molecular weight excluding hydrogens is 327 g/mol. The summed E-state index contributed by atoms with van der Waals surface area (Å²) in [5.41, 5.74) is -4.32. The summed E-state index contributed by atoms with van der Waals surface area (Å²) in [6.07, 6.45) is -0.403. The van der Waals surface area contributed by atoms with E-state index in [4.69, 9.17) is 21.6 Å². The lowest BCUT2D eigenvalue weighted by molar-refractivity contribution is -0.142. The molecule has 0 bridgehead atoms. The normalized spacial score (nSPS) is 11.0. The molecule has 8 heteroatoms. The molecule has 0 aliphatic heterocycles. The van der Waals surface area contributed by atoms with E-state index < -0.39 is 17.9 Å². The zero-order valence-electron chi connectivity index (χ0n) is 11.0. The quantitative estimate of drug-likeness (QED) is 0.462. The number of esters is 1. The highest BCUT2D eigenvalue weighted by molar-refractivity contribution is 8.00. The van der Waals surface area contributed by atoms with Crippen LogP contribution in [0.4, 0.5) is 13.2 Å². The first kappa shape index (κ1) is 17.7. The molecule has 0 aromatic heterocycles. The van der Waals surface area contributed by atoms with Crippen LogP contribution in [0.25, 0.3) is 0 Å². The zero-order chi connectivity index (χ0) is 16.0. The fourth-order valence-electron chi connectivity index (χ4n) is 1.66. The van der Waals surface area contributed by atoms with E-state index in [2.05, 4.69) is 0 Å². The number of ether oxygens (including phenoxy) is 1. The van der Waals surface area contributed by atoms with E-state index in [-0.39, 0.29) is 45.8 Å². The molecule has 1 rings (SSSR count). The molecule has 1 aromatic carbocycles. The van der Waals surface area contributed by atoms with Crippen molar-refractivity contribution < 1.29 is 22.7 Å². The van der Waals surface area contributed by atoms with E-state index in [1.165, 1.54) is 12.1 Å². The minimum atomic E-state index is -4.54. The Balaban J connectivity index is 3.34. The maximum atomic E-state index is 12.7. The Morgan fingerprint density at radius 3 is 2.62 bits per heavy atom. The van der Waals surface area contributed by atoms with Crippen LogP contribution in [-0.2, 0) is 21.8 Å². The van der Waals surface area contributed by atoms with Crippen molar-refractivity contribution in [2.24, 2.45) is 0 Å². The molecule has 0 spiro atoms. The number of thioether (sulfide) groups is 1. The van der Waals surface area contributed by atoms with E-state index in [9.17, 15) is 18.0 Å². The van der Waals surface area contributed by atoms with Crippen LogP contribution in [0.5, 0.6) is 0 Å². The molecular formula is C13H11ClF3NO2S. The highest BCUT2D eigenvalue weighted by Crippen LogP contribution is 2.42. The van der Waals surface area contributed by atoms with E-state index >= 15 is 0 Å². The summed E-state index contributed by atoms with van der Waals surface area (Å²) in [6, 6.07) is 4.50. The number of carbonyl (C=O) groups is 1. The summed E-state index contributed by atoms with van der Waals surface area (Å²) in [5.74, 6) is -0.843. The van der Waals surface area contributed by atoms with Gasteiger partial charge in [-0.05, 0) is 35.9 Å². The van der Waals surface area contributed by atoms with Gasteiger partial charge in [-0.25, -0.2) is 0 Å². The maximum Gasteiger partial charge on any atom is 0.446 e. The first-order valence-electron chi connectivity index (χ1n) is 5.84. The first-order chi connectivity index (χ1) is 9.82. The Kier molecular flexibility index (Phi) is 6.37. The van der Waals surface area contributed by atoms with Gasteiger partial charge in [0.05, 0.1) is 24.7 Å². The molecule has 0 aliphatic rings. The molecule has 0 atom stereocenters. The van der Waals surface area contributed by atoms with Crippen molar-refractivity contribution in [3.63, 3.8) is 0 Å². The van der Waals surface area contributed by atoms with Gasteiger partial charge in [0, 0.05) is 10.8 Å². The van der Waals surface area contributed by atoms with Gasteiger partial charge in [0.1, 0.15) is 0 Å². The Morgan fingerprint density at radius 1 is 1.48 bits per heavy atom. The van der Waals surface area contributed by atoms with E-state index in [0.29, 0.717) is 0 Å². The van der Waals surface area contributed by atoms with Crippen LogP contribution in [0.2, 0.25) is 0 Å². The number of carbonyl (C=O) groups excluding carboxylic acids is 1. The van der Waals surface area contributed by atoms with Crippen LogP contribution in [0.1, 0.15) is 23.6 Å². The second-order valence-corrected chi connectivity index (χ2v) is 5.20. The average molecular weight is 338 g/mol. The second-order valence-electron chi connectivity index (χ2n) is 3.85. The lowest BCUT2D eigenvalue weighted by Gasteiger charge is -2.15. The van der Waals surface area contributed by atoms with Crippen molar-refractivity contribution in [3.8, 4) is 6.07 Å². The second kappa shape index (κ2) is 7.57. The Bertz CT molecular complexity index is 570. The van der Waals surface area contributed by atoms with Crippen LogP contribution in [0.15, 0.2) is 17.0 Å². The third-order valence-electron chi connectivity index (χ3n) is 2.45. The summed E-state index contributed by atoms with van der Waals surface area (Å²) >= 11 is 5.27. The molecule has 0 unspecified atom stereocenters. The number of hydrogen-bond acceptors (Lipinski definition) is 4. The number of nitrogens with zero attached hydrogens (tertiary/aromatic N) is 1. The predicted octanol–water partition coefficient (Wildman–Crippen LogP) is 4.01. The van der Waals surface area contributed by atoms with Crippen molar-refractivity contribution in [2.45, 2.75) is 29.6 Å². The third kappa shape index (κ3) is 5.14. The molecule has 0 radical (unpaired) electrons. The number of rotatable bonds is 5. The van der Waals surface area contributed by atoms with Crippen molar-refractivity contribution >= 4 is 29.3 Å². The average Bonchev–Trinajstić information content (AvgIpc) is 2.39. The minimum absolute atomic E-state index is 0.00331. The number of benzene rings is 1. The molecule has 0 fully saturated rings.